The lowest BCUT2D eigenvalue weighted by Crippen LogP contribution is -2.33. The Morgan fingerprint density at radius 2 is 2.06 bits per heavy atom. The zero-order valence-electron chi connectivity index (χ0n) is 11.0. The Hall–Kier alpha value is -1.09. The van der Waals surface area contributed by atoms with Crippen LogP contribution < -0.4 is 10.5 Å². The van der Waals surface area contributed by atoms with Gasteiger partial charge in [-0.1, -0.05) is 31.4 Å². The van der Waals surface area contributed by atoms with E-state index in [0.29, 0.717) is 23.7 Å². The third-order valence-corrected chi connectivity index (χ3v) is 3.97. The molecular formula is C15H22FNO. The van der Waals surface area contributed by atoms with Crippen LogP contribution in [-0.4, -0.2) is 13.2 Å². The van der Waals surface area contributed by atoms with E-state index in [9.17, 15) is 4.39 Å². The molecule has 1 aromatic rings. The average molecular weight is 251 g/mol. The maximum atomic E-state index is 14.0. The highest BCUT2D eigenvalue weighted by Gasteiger charge is 2.22. The number of benzene rings is 1. The fourth-order valence-corrected chi connectivity index (χ4v) is 2.85. The molecular weight excluding hydrogens is 229 g/mol. The molecule has 2 rings (SSSR count). The molecule has 0 aromatic heterocycles. The highest BCUT2D eigenvalue weighted by molar-refractivity contribution is 5.31. The first kappa shape index (κ1) is 13.3. The van der Waals surface area contributed by atoms with Crippen molar-refractivity contribution in [1.82, 2.24) is 0 Å². The first-order chi connectivity index (χ1) is 8.72. The van der Waals surface area contributed by atoms with Crippen molar-refractivity contribution >= 4 is 0 Å². The lowest BCUT2D eigenvalue weighted by molar-refractivity contribution is 0.301. The van der Waals surface area contributed by atoms with E-state index in [2.05, 4.69) is 0 Å². The van der Waals surface area contributed by atoms with Gasteiger partial charge in [-0.25, -0.2) is 4.39 Å². The molecule has 2 nitrogen and oxygen atoms in total. The van der Waals surface area contributed by atoms with Gasteiger partial charge in [-0.15, -0.1) is 0 Å². The largest absolute Gasteiger partial charge is 0.494 e. The molecule has 0 amide bonds. The summed E-state index contributed by atoms with van der Waals surface area (Å²) in [6.07, 6.45) is 6.82. The Bertz CT molecular complexity index is 388. The van der Waals surface area contributed by atoms with Crippen molar-refractivity contribution < 1.29 is 9.13 Å². The van der Waals surface area contributed by atoms with Crippen molar-refractivity contribution in [2.24, 2.45) is 11.7 Å². The molecule has 1 aliphatic carbocycles. The molecule has 1 saturated carbocycles. The summed E-state index contributed by atoms with van der Waals surface area (Å²) < 4.78 is 19.0. The summed E-state index contributed by atoms with van der Waals surface area (Å²) in [5.41, 5.74) is 6.91. The van der Waals surface area contributed by atoms with Crippen LogP contribution in [0.15, 0.2) is 18.2 Å². The number of rotatable bonds is 4. The van der Waals surface area contributed by atoms with Crippen molar-refractivity contribution in [2.45, 2.75) is 44.6 Å². The summed E-state index contributed by atoms with van der Waals surface area (Å²) >= 11 is 0. The van der Waals surface area contributed by atoms with Gasteiger partial charge in [0.15, 0.2) is 11.6 Å². The third kappa shape index (κ3) is 3.02. The minimum atomic E-state index is -0.258. The summed E-state index contributed by atoms with van der Waals surface area (Å²) in [6, 6.07) is 5.34. The van der Waals surface area contributed by atoms with E-state index in [1.807, 2.05) is 6.07 Å². The second-order valence-electron chi connectivity index (χ2n) is 5.20. The Morgan fingerprint density at radius 1 is 1.33 bits per heavy atom. The first-order valence-corrected chi connectivity index (χ1v) is 6.79. The molecule has 1 unspecified atom stereocenters. The maximum Gasteiger partial charge on any atom is 0.168 e. The molecule has 0 bridgehead atoms. The van der Waals surface area contributed by atoms with Crippen LogP contribution >= 0.6 is 0 Å². The van der Waals surface area contributed by atoms with Gasteiger partial charge < -0.3 is 10.5 Å². The second kappa shape index (κ2) is 6.19. The fourth-order valence-electron chi connectivity index (χ4n) is 2.85. The molecule has 0 aliphatic heterocycles. The molecule has 0 saturated heterocycles. The highest BCUT2D eigenvalue weighted by Crippen LogP contribution is 2.28. The number of nitrogens with two attached hydrogens (primary N) is 1. The monoisotopic (exact) mass is 251 g/mol. The van der Waals surface area contributed by atoms with E-state index in [1.54, 1.807) is 12.1 Å². The van der Waals surface area contributed by atoms with Crippen molar-refractivity contribution in [3.63, 3.8) is 0 Å². The van der Waals surface area contributed by atoms with Crippen LogP contribution in [0.1, 0.15) is 37.7 Å². The second-order valence-corrected chi connectivity index (χ2v) is 5.20. The normalized spacial score (nSPS) is 18.6. The average Bonchev–Trinajstić information content (AvgIpc) is 2.42. The number of hydrogen-bond acceptors (Lipinski definition) is 2. The summed E-state index contributed by atoms with van der Waals surface area (Å²) in [5, 5.41) is 0. The summed E-state index contributed by atoms with van der Waals surface area (Å²) in [6.45, 7) is 0. The Labute approximate surface area is 108 Å². The standard InChI is InChI=1S/C15H22FNO/c1-18-14-9-5-8-12(15(14)16)10-13(17)11-6-3-2-4-7-11/h5,8-9,11,13H,2-4,6-7,10,17H2,1H3. The van der Waals surface area contributed by atoms with Crippen molar-refractivity contribution in [3.8, 4) is 5.75 Å². The minimum absolute atomic E-state index is 0.0620. The summed E-state index contributed by atoms with van der Waals surface area (Å²) in [7, 11) is 1.49. The van der Waals surface area contributed by atoms with E-state index < -0.39 is 0 Å². The Balaban J connectivity index is 2.04. The quantitative estimate of drug-likeness (QED) is 0.891. The third-order valence-electron chi connectivity index (χ3n) is 3.97. The first-order valence-electron chi connectivity index (χ1n) is 6.79. The van der Waals surface area contributed by atoms with E-state index in [1.165, 1.54) is 39.2 Å². The van der Waals surface area contributed by atoms with Gasteiger partial charge in [-0.2, -0.15) is 0 Å². The fraction of sp³-hybridized carbons (Fsp3) is 0.600. The predicted molar refractivity (Wildman–Crippen MR) is 71.2 cm³/mol. The molecule has 100 valence electrons. The van der Waals surface area contributed by atoms with Crippen molar-refractivity contribution in [2.75, 3.05) is 7.11 Å². The van der Waals surface area contributed by atoms with Gasteiger partial charge in [-0.3, -0.25) is 0 Å². The number of methoxy groups -OCH3 is 1. The molecule has 0 radical (unpaired) electrons. The summed E-state index contributed by atoms with van der Waals surface area (Å²) in [4.78, 5) is 0. The highest BCUT2D eigenvalue weighted by atomic mass is 19.1. The SMILES string of the molecule is COc1cccc(CC(N)C2CCCCC2)c1F. The van der Waals surface area contributed by atoms with Crippen LogP contribution in [0.2, 0.25) is 0 Å². The van der Waals surface area contributed by atoms with E-state index in [-0.39, 0.29) is 11.9 Å². The molecule has 0 spiro atoms. The van der Waals surface area contributed by atoms with Crippen LogP contribution in [0.5, 0.6) is 5.75 Å². The smallest absolute Gasteiger partial charge is 0.168 e. The van der Waals surface area contributed by atoms with Gasteiger partial charge in [0.05, 0.1) is 7.11 Å². The van der Waals surface area contributed by atoms with Gasteiger partial charge in [0.2, 0.25) is 0 Å². The van der Waals surface area contributed by atoms with Gasteiger partial charge in [0, 0.05) is 6.04 Å². The van der Waals surface area contributed by atoms with Gasteiger partial charge >= 0.3 is 0 Å². The lowest BCUT2D eigenvalue weighted by atomic mass is 9.82. The van der Waals surface area contributed by atoms with E-state index in [4.69, 9.17) is 10.5 Å². The van der Waals surface area contributed by atoms with Gasteiger partial charge in [0.1, 0.15) is 0 Å². The number of hydrogen-bond donors (Lipinski definition) is 1. The number of halogens is 1. The predicted octanol–water partition coefficient (Wildman–Crippen LogP) is 3.28. The maximum absolute atomic E-state index is 14.0. The number of ether oxygens (including phenoxy) is 1. The molecule has 0 heterocycles. The molecule has 1 fully saturated rings. The van der Waals surface area contributed by atoms with Gasteiger partial charge in [0.25, 0.3) is 0 Å². The molecule has 1 aromatic carbocycles. The molecule has 3 heteroatoms. The van der Waals surface area contributed by atoms with E-state index in [0.717, 1.165) is 0 Å². The van der Waals surface area contributed by atoms with Crippen LogP contribution in [-0.2, 0) is 6.42 Å². The Kier molecular flexibility index (Phi) is 4.59. The van der Waals surface area contributed by atoms with Crippen molar-refractivity contribution in [1.29, 1.82) is 0 Å². The zero-order chi connectivity index (χ0) is 13.0. The van der Waals surface area contributed by atoms with Gasteiger partial charge in [-0.05, 0) is 36.8 Å². The Morgan fingerprint density at radius 3 is 2.72 bits per heavy atom. The van der Waals surface area contributed by atoms with Crippen LogP contribution in [0.3, 0.4) is 0 Å². The van der Waals surface area contributed by atoms with E-state index >= 15 is 0 Å². The molecule has 2 N–H and O–H groups in total. The molecule has 18 heavy (non-hydrogen) atoms. The van der Waals surface area contributed by atoms with Crippen LogP contribution in [0, 0.1) is 11.7 Å². The molecule has 1 aliphatic rings. The molecule has 1 atom stereocenters. The zero-order valence-corrected chi connectivity index (χ0v) is 11.0. The lowest BCUT2D eigenvalue weighted by Gasteiger charge is -2.27. The van der Waals surface area contributed by atoms with Crippen molar-refractivity contribution in [3.05, 3.63) is 29.6 Å². The van der Waals surface area contributed by atoms with Crippen LogP contribution in [0.25, 0.3) is 0 Å². The van der Waals surface area contributed by atoms with Crippen LogP contribution in [0.4, 0.5) is 4.39 Å². The minimum Gasteiger partial charge on any atom is -0.494 e. The summed E-state index contributed by atoms with van der Waals surface area (Å²) in [5.74, 6) is 0.596. The topological polar surface area (TPSA) is 35.2 Å².